The average molecular weight is 227 g/mol. The molecule has 1 aliphatic heterocycles. The van der Waals surface area contributed by atoms with Gasteiger partial charge in [-0.3, -0.25) is 0 Å². The number of hydrogen-bond donors (Lipinski definition) is 1. The molecule has 0 aromatic heterocycles. The van der Waals surface area contributed by atoms with Gasteiger partial charge < -0.3 is 10.1 Å². The van der Waals surface area contributed by atoms with Crippen molar-refractivity contribution in [2.45, 2.75) is 65.4 Å². The van der Waals surface area contributed by atoms with Crippen molar-refractivity contribution >= 4 is 0 Å². The second-order valence-corrected chi connectivity index (χ2v) is 5.26. The van der Waals surface area contributed by atoms with Crippen LogP contribution in [0.3, 0.4) is 0 Å². The zero-order chi connectivity index (χ0) is 11.9. The molecule has 16 heavy (non-hydrogen) atoms. The highest BCUT2D eigenvalue weighted by atomic mass is 16.5. The van der Waals surface area contributed by atoms with E-state index in [4.69, 9.17) is 4.74 Å². The lowest BCUT2D eigenvalue weighted by molar-refractivity contribution is 0.0571. The van der Waals surface area contributed by atoms with Gasteiger partial charge in [-0.25, -0.2) is 0 Å². The third kappa shape index (κ3) is 3.74. The van der Waals surface area contributed by atoms with Crippen molar-refractivity contribution in [2.75, 3.05) is 19.7 Å². The number of unbranched alkanes of at least 4 members (excludes halogenated alkanes) is 2. The van der Waals surface area contributed by atoms with E-state index in [0.717, 1.165) is 19.7 Å². The van der Waals surface area contributed by atoms with Crippen LogP contribution >= 0.6 is 0 Å². The molecule has 2 unspecified atom stereocenters. The molecule has 1 aliphatic rings. The fraction of sp³-hybridized carbons (Fsp3) is 1.00. The SMILES string of the molecule is CCCCCC1(CNCCC)CCOC1C. The summed E-state index contributed by atoms with van der Waals surface area (Å²) in [6.07, 6.45) is 8.27. The van der Waals surface area contributed by atoms with Gasteiger partial charge in [0.05, 0.1) is 6.10 Å². The standard InChI is InChI=1S/C14H29NO/c1-4-6-7-8-14(12-15-10-5-2)9-11-16-13(14)3/h13,15H,4-12H2,1-3H3. The molecule has 0 spiro atoms. The van der Waals surface area contributed by atoms with Gasteiger partial charge in [0.25, 0.3) is 0 Å². The van der Waals surface area contributed by atoms with Crippen LogP contribution in [-0.2, 0) is 4.74 Å². The Hall–Kier alpha value is -0.0800. The Morgan fingerprint density at radius 1 is 1.25 bits per heavy atom. The van der Waals surface area contributed by atoms with Crippen LogP contribution in [0.2, 0.25) is 0 Å². The van der Waals surface area contributed by atoms with Crippen molar-refractivity contribution in [3.05, 3.63) is 0 Å². The molecule has 0 saturated carbocycles. The Kier molecular flexibility index (Phi) is 6.37. The number of nitrogens with one attached hydrogen (secondary N) is 1. The van der Waals surface area contributed by atoms with Gasteiger partial charge in [-0.2, -0.15) is 0 Å². The molecule has 2 nitrogen and oxygen atoms in total. The van der Waals surface area contributed by atoms with Crippen LogP contribution in [-0.4, -0.2) is 25.8 Å². The smallest absolute Gasteiger partial charge is 0.0616 e. The molecule has 1 saturated heterocycles. The van der Waals surface area contributed by atoms with Gasteiger partial charge in [0.1, 0.15) is 0 Å². The van der Waals surface area contributed by atoms with E-state index in [9.17, 15) is 0 Å². The molecule has 1 heterocycles. The molecular weight excluding hydrogens is 198 g/mol. The van der Waals surface area contributed by atoms with Crippen molar-refractivity contribution in [1.29, 1.82) is 0 Å². The van der Waals surface area contributed by atoms with Crippen LogP contribution in [0.25, 0.3) is 0 Å². The van der Waals surface area contributed by atoms with Gasteiger partial charge in [-0.15, -0.1) is 0 Å². The van der Waals surface area contributed by atoms with E-state index >= 15 is 0 Å². The summed E-state index contributed by atoms with van der Waals surface area (Å²) in [5, 5.41) is 3.60. The summed E-state index contributed by atoms with van der Waals surface area (Å²) >= 11 is 0. The highest BCUT2D eigenvalue weighted by Crippen LogP contribution is 2.39. The first-order chi connectivity index (χ1) is 7.75. The van der Waals surface area contributed by atoms with Gasteiger partial charge in [0, 0.05) is 18.6 Å². The fourth-order valence-electron chi connectivity index (χ4n) is 2.71. The van der Waals surface area contributed by atoms with Crippen LogP contribution in [0.1, 0.15) is 59.3 Å². The summed E-state index contributed by atoms with van der Waals surface area (Å²) in [5.74, 6) is 0. The quantitative estimate of drug-likeness (QED) is 0.642. The van der Waals surface area contributed by atoms with Gasteiger partial charge >= 0.3 is 0 Å². The van der Waals surface area contributed by atoms with Crippen molar-refractivity contribution in [3.63, 3.8) is 0 Å². The topological polar surface area (TPSA) is 21.3 Å². The second kappa shape index (κ2) is 7.29. The third-order valence-corrected chi connectivity index (χ3v) is 4.01. The molecule has 96 valence electrons. The van der Waals surface area contributed by atoms with E-state index < -0.39 is 0 Å². The first-order valence-corrected chi connectivity index (χ1v) is 7.07. The van der Waals surface area contributed by atoms with Crippen molar-refractivity contribution in [3.8, 4) is 0 Å². The van der Waals surface area contributed by atoms with Gasteiger partial charge in [-0.1, -0.05) is 33.1 Å². The third-order valence-electron chi connectivity index (χ3n) is 4.01. The van der Waals surface area contributed by atoms with Crippen LogP contribution < -0.4 is 5.32 Å². The van der Waals surface area contributed by atoms with Crippen LogP contribution in [0, 0.1) is 5.41 Å². The van der Waals surface area contributed by atoms with Crippen LogP contribution in [0.15, 0.2) is 0 Å². The lowest BCUT2D eigenvalue weighted by Crippen LogP contribution is -2.39. The highest BCUT2D eigenvalue weighted by Gasteiger charge is 2.40. The number of hydrogen-bond acceptors (Lipinski definition) is 2. The minimum Gasteiger partial charge on any atom is -0.378 e. The predicted octanol–water partition coefficient (Wildman–Crippen LogP) is 3.36. The van der Waals surface area contributed by atoms with Gasteiger partial charge in [-0.05, 0) is 32.7 Å². The van der Waals surface area contributed by atoms with E-state index in [1.165, 1.54) is 38.5 Å². The number of rotatable bonds is 8. The minimum absolute atomic E-state index is 0.421. The molecule has 0 bridgehead atoms. The van der Waals surface area contributed by atoms with E-state index in [2.05, 4.69) is 26.1 Å². The molecule has 1 rings (SSSR count). The Labute approximate surface area is 101 Å². The number of ether oxygens (including phenoxy) is 1. The summed E-state index contributed by atoms with van der Waals surface area (Å²) < 4.78 is 5.79. The molecule has 0 aliphatic carbocycles. The summed E-state index contributed by atoms with van der Waals surface area (Å²) in [4.78, 5) is 0. The van der Waals surface area contributed by atoms with E-state index in [1.54, 1.807) is 0 Å². The van der Waals surface area contributed by atoms with E-state index in [0.29, 0.717) is 11.5 Å². The minimum atomic E-state index is 0.421. The molecule has 2 heteroatoms. The fourth-order valence-corrected chi connectivity index (χ4v) is 2.71. The summed E-state index contributed by atoms with van der Waals surface area (Å²) in [6.45, 7) is 10.0. The molecule has 2 atom stereocenters. The Bertz CT molecular complexity index is 172. The van der Waals surface area contributed by atoms with Crippen molar-refractivity contribution in [1.82, 2.24) is 5.32 Å². The van der Waals surface area contributed by atoms with E-state index in [-0.39, 0.29) is 0 Å². The van der Waals surface area contributed by atoms with Crippen LogP contribution in [0.5, 0.6) is 0 Å². The van der Waals surface area contributed by atoms with E-state index in [1.807, 2.05) is 0 Å². The first-order valence-electron chi connectivity index (χ1n) is 7.07. The highest BCUT2D eigenvalue weighted by molar-refractivity contribution is 4.91. The Morgan fingerprint density at radius 2 is 2.06 bits per heavy atom. The summed E-state index contributed by atoms with van der Waals surface area (Å²) in [7, 11) is 0. The maximum absolute atomic E-state index is 5.79. The zero-order valence-electron chi connectivity index (χ0n) is 11.3. The van der Waals surface area contributed by atoms with Gasteiger partial charge in [0.2, 0.25) is 0 Å². The lowest BCUT2D eigenvalue weighted by Gasteiger charge is -2.32. The molecule has 1 fully saturated rings. The zero-order valence-corrected chi connectivity index (χ0v) is 11.3. The second-order valence-electron chi connectivity index (χ2n) is 5.26. The summed E-state index contributed by atoms with van der Waals surface area (Å²) in [5.41, 5.74) is 0.421. The average Bonchev–Trinajstić information content (AvgIpc) is 2.62. The molecule has 0 radical (unpaired) electrons. The predicted molar refractivity (Wildman–Crippen MR) is 69.8 cm³/mol. The molecule has 0 aromatic rings. The lowest BCUT2D eigenvalue weighted by atomic mass is 9.77. The molecule has 1 N–H and O–H groups in total. The Morgan fingerprint density at radius 3 is 2.62 bits per heavy atom. The van der Waals surface area contributed by atoms with Crippen LogP contribution in [0.4, 0.5) is 0 Å². The largest absolute Gasteiger partial charge is 0.378 e. The summed E-state index contributed by atoms with van der Waals surface area (Å²) in [6, 6.07) is 0. The maximum Gasteiger partial charge on any atom is 0.0616 e. The van der Waals surface area contributed by atoms with Crippen molar-refractivity contribution < 1.29 is 4.74 Å². The molecular formula is C14H29NO. The first kappa shape index (κ1) is 14.0. The molecule has 0 aromatic carbocycles. The molecule has 0 amide bonds. The normalized spacial score (nSPS) is 29.8. The monoisotopic (exact) mass is 227 g/mol. The van der Waals surface area contributed by atoms with Crippen molar-refractivity contribution in [2.24, 2.45) is 5.41 Å². The maximum atomic E-state index is 5.79. The van der Waals surface area contributed by atoms with Gasteiger partial charge in [0.15, 0.2) is 0 Å². The Balaban J connectivity index is 2.40.